The standard InChI is InChI=1S/C20H27F2N3.C9H12/c1-6-23-17-8-7-9-18(12-17)24-19-11-14(2)10-16(4)25(19)13-15(3)20(5,21)22;1-3-9-6-4-8(2)5-7-9/h1,10-11,13,17-18,23-24H,4,7-9,12H2,2-3,5H3;4-7H,3H2,1-2H3/b15-13+;. The normalized spacial score (nSPS) is 20.9. The van der Waals surface area contributed by atoms with Crippen LogP contribution in [0.3, 0.4) is 0 Å². The molecule has 34 heavy (non-hydrogen) atoms. The molecule has 0 bridgehead atoms. The van der Waals surface area contributed by atoms with E-state index in [4.69, 9.17) is 6.42 Å². The van der Waals surface area contributed by atoms with E-state index in [1.54, 1.807) is 4.90 Å². The van der Waals surface area contributed by atoms with Gasteiger partial charge in [0.05, 0.1) is 0 Å². The Hall–Kier alpha value is -3.00. The van der Waals surface area contributed by atoms with E-state index in [0.29, 0.717) is 5.70 Å². The van der Waals surface area contributed by atoms with E-state index in [-0.39, 0.29) is 17.7 Å². The number of nitrogens with one attached hydrogen (secondary N) is 2. The van der Waals surface area contributed by atoms with Crippen LogP contribution in [0.25, 0.3) is 0 Å². The van der Waals surface area contributed by atoms with Gasteiger partial charge in [0, 0.05) is 42.5 Å². The lowest BCUT2D eigenvalue weighted by Gasteiger charge is -2.35. The summed E-state index contributed by atoms with van der Waals surface area (Å²) in [6, 6.07) is 11.7. The molecule has 0 radical (unpaired) electrons. The molecule has 184 valence electrons. The average Bonchev–Trinajstić information content (AvgIpc) is 2.77. The first-order valence-electron chi connectivity index (χ1n) is 12.0. The van der Waals surface area contributed by atoms with Crippen LogP contribution in [0.5, 0.6) is 0 Å². The third-order valence-electron chi connectivity index (χ3n) is 6.19. The summed E-state index contributed by atoms with van der Waals surface area (Å²) in [5, 5.41) is 6.55. The molecule has 1 aliphatic carbocycles. The Morgan fingerprint density at radius 3 is 2.44 bits per heavy atom. The average molecular weight is 468 g/mol. The summed E-state index contributed by atoms with van der Waals surface area (Å²) in [6.07, 6.45) is 15.8. The Morgan fingerprint density at radius 2 is 1.85 bits per heavy atom. The number of allylic oxidation sites excluding steroid dienone is 4. The van der Waals surface area contributed by atoms with Gasteiger partial charge in [-0.05, 0) is 76.2 Å². The third kappa shape index (κ3) is 8.41. The highest BCUT2D eigenvalue weighted by Gasteiger charge is 2.27. The number of aryl methyl sites for hydroxylation is 2. The maximum Gasteiger partial charge on any atom is 0.268 e. The number of rotatable bonds is 6. The lowest BCUT2D eigenvalue weighted by molar-refractivity contribution is 0.0620. The zero-order valence-electron chi connectivity index (χ0n) is 21.2. The fraction of sp³-hybridized carbons (Fsp3) is 0.448. The second-order valence-corrected chi connectivity index (χ2v) is 9.31. The van der Waals surface area contributed by atoms with Gasteiger partial charge < -0.3 is 15.5 Å². The third-order valence-corrected chi connectivity index (χ3v) is 6.19. The van der Waals surface area contributed by atoms with E-state index >= 15 is 0 Å². The quantitative estimate of drug-likeness (QED) is 0.356. The fourth-order valence-electron chi connectivity index (χ4n) is 3.99. The largest absolute Gasteiger partial charge is 0.368 e. The van der Waals surface area contributed by atoms with E-state index in [0.717, 1.165) is 50.4 Å². The SMILES string of the molecule is C#CNC1CCCC(NC2=CC(C)=CC(=C)N2/C=C(\C)C(C)(F)F)C1.CCc1ccc(C)cc1. The molecule has 0 saturated heterocycles. The van der Waals surface area contributed by atoms with Gasteiger partial charge in [-0.25, -0.2) is 8.78 Å². The summed E-state index contributed by atoms with van der Waals surface area (Å²) in [7, 11) is 0. The first-order valence-corrected chi connectivity index (χ1v) is 12.0. The summed E-state index contributed by atoms with van der Waals surface area (Å²) in [4.78, 5) is 1.71. The Balaban J connectivity index is 0.000000379. The van der Waals surface area contributed by atoms with Gasteiger partial charge in [-0.3, -0.25) is 0 Å². The molecule has 3 rings (SSSR count). The van der Waals surface area contributed by atoms with Crippen LogP contribution >= 0.6 is 0 Å². The van der Waals surface area contributed by atoms with Gasteiger partial charge in [-0.1, -0.05) is 49.8 Å². The first kappa shape index (κ1) is 27.2. The highest BCUT2D eigenvalue weighted by Crippen LogP contribution is 2.29. The topological polar surface area (TPSA) is 27.3 Å². The number of halogens is 2. The lowest BCUT2D eigenvalue weighted by atomic mass is 9.91. The minimum Gasteiger partial charge on any atom is -0.368 e. The van der Waals surface area contributed by atoms with Crippen LogP contribution in [-0.4, -0.2) is 22.9 Å². The molecule has 2 N–H and O–H groups in total. The molecule has 1 heterocycles. The monoisotopic (exact) mass is 467 g/mol. The van der Waals surface area contributed by atoms with Crippen LogP contribution in [0.1, 0.15) is 64.5 Å². The van der Waals surface area contributed by atoms with Crippen LogP contribution in [0, 0.1) is 19.4 Å². The molecule has 2 unspecified atom stereocenters. The minimum atomic E-state index is -2.87. The molecule has 1 aliphatic heterocycles. The van der Waals surface area contributed by atoms with E-state index in [1.165, 1.54) is 24.3 Å². The summed E-state index contributed by atoms with van der Waals surface area (Å²) < 4.78 is 27.2. The molecule has 0 spiro atoms. The molecule has 1 saturated carbocycles. The van der Waals surface area contributed by atoms with E-state index < -0.39 is 5.92 Å². The van der Waals surface area contributed by atoms with Crippen molar-refractivity contribution in [2.24, 2.45) is 0 Å². The van der Waals surface area contributed by atoms with Crippen molar-refractivity contribution in [2.75, 3.05) is 0 Å². The maximum atomic E-state index is 13.6. The Labute approximate surface area is 204 Å². The molecular formula is C29H39F2N3. The van der Waals surface area contributed by atoms with Crippen LogP contribution in [0.4, 0.5) is 8.78 Å². The zero-order chi connectivity index (χ0) is 25.3. The van der Waals surface area contributed by atoms with Crippen LogP contribution in [0.2, 0.25) is 0 Å². The lowest BCUT2D eigenvalue weighted by Crippen LogP contribution is -2.43. The minimum absolute atomic E-state index is 0.00942. The summed E-state index contributed by atoms with van der Waals surface area (Å²) >= 11 is 0. The highest BCUT2D eigenvalue weighted by molar-refractivity contribution is 5.38. The van der Waals surface area contributed by atoms with Crippen molar-refractivity contribution in [1.29, 1.82) is 0 Å². The molecule has 0 aromatic heterocycles. The van der Waals surface area contributed by atoms with Gasteiger partial charge in [-0.2, -0.15) is 0 Å². The van der Waals surface area contributed by atoms with E-state index in [2.05, 4.69) is 61.4 Å². The van der Waals surface area contributed by atoms with Gasteiger partial charge >= 0.3 is 0 Å². The van der Waals surface area contributed by atoms with Crippen molar-refractivity contribution in [3.63, 3.8) is 0 Å². The number of terminal acetylenes is 1. The maximum absolute atomic E-state index is 13.6. The fourth-order valence-corrected chi connectivity index (χ4v) is 3.99. The molecule has 1 aromatic carbocycles. The molecule has 0 amide bonds. The van der Waals surface area contributed by atoms with Crippen LogP contribution < -0.4 is 10.6 Å². The van der Waals surface area contributed by atoms with Gasteiger partial charge in [0.15, 0.2) is 0 Å². The number of nitrogens with zero attached hydrogens (tertiary/aromatic N) is 1. The highest BCUT2D eigenvalue weighted by atomic mass is 19.3. The molecular weight excluding hydrogens is 428 g/mol. The van der Waals surface area contributed by atoms with Gasteiger partial charge in [0.25, 0.3) is 5.92 Å². The van der Waals surface area contributed by atoms with Gasteiger partial charge in [0.2, 0.25) is 0 Å². The molecule has 2 atom stereocenters. The van der Waals surface area contributed by atoms with Crippen molar-refractivity contribution in [2.45, 2.75) is 84.7 Å². The number of alkyl halides is 2. The molecule has 5 heteroatoms. The number of benzene rings is 1. The molecule has 1 aromatic rings. The van der Waals surface area contributed by atoms with Crippen molar-refractivity contribution < 1.29 is 8.78 Å². The smallest absolute Gasteiger partial charge is 0.268 e. The molecule has 3 nitrogen and oxygen atoms in total. The van der Waals surface area contributed by atoms with E-state index in [1.807, 2.05) is 19.1 Å². The summed E-state index contributed by atoms with van der Waals surface area (Å²) in [5.74, 6) is -2.09. The second kappa shape index (κ2) is 12.5. The van der Waals surface area contributed by atoms with Gasteiger partial charge in [0.1, 0.15) is 5.82 Å². The van der Waals surface area contributed by atoms with Crippen molar-refractivity contribution in [3.8, 4) is 12.5 Å². The Morgan fingerprint density at radius 1 is 1.21 bits per heavy atom. The molecule has 1 fully saturated rings. The van der Waals surface area contributed by atoms with Crippen molar-refractivity contribution in [1.82, 2.24) is 15.5 Å². The molecule has 2 aliphatic rings. The Kier molecular flexibility index (Phi) is 9.98. The summed E-state index contributed by atoms with van der Waals surface area (Å²) in [5.41, 5.74) is 4.45. The van der Waals surface area contributed by atoms with Crippen molar-refractivity contribution in [3.05, 3.63) is 83.0 Å². The first-order chi connectivity index (χ1) is 16.0. The Bertz CT molecular complexity index is 959. The summed E-state index contributed by atoms with van der Waals surface area (Å²) in [6.45, 7) is 12.6. The van der Waals surface area contributed by atoms with Crippen LogP contribution in [-0.2, 0) is 6.42 Å². The predicted molar refractivity (Wildman–Crippen MR) is 139 cm³/mol. The predicted octanol–water partition coefficient (Wildman–Crippen LogP) is 6.80. The van der Waals surface area contributed by atoms with Gasteiger partial charge in [-0.15, -0.1) is 0 Å². The van der Waals surface area contributed by atoms with E-state index in [9.17, 15) is 8.78 Å². The number of hydrogen-bond acceptors (Lipinski definition) is 3. The number of hydrogen-bond donors (Lipinski definition) is 2. The van der Waals surface area contributed by atoms with Crippen molar-refractivity contribution >= 4 is 0 Å². The van der Waals surface area contributed by atoms with Crippen LogP contribution in [0.15, 0.2) is 71.9 Å². The second-order valence-electron chi connectivity index (χ2n) is 9.31. The zero-order valence-corrected chi connectivity index (χ0v) is 21.2.